The van der Waals surface area contributed by atoms with Crippen molar-refractivity contribution in [2.75, 3.05) is 0 Å². The minimum absolute atomic E-state index is 0.0264. The Balaban J connectivity index is 1.15. The van der Waals surface area contributed by atoms with Gasteiger partial charge in [-0.05, 0) is 97.1 Å². The molecule has 306 valence electrons. The van der Waals surface area contributed by atoms with Gasteiger partial charge in [-0.1, -0.05) is 55.4 Å². The number of aromatic hydroxyl groups is 2. The maximum absolute atomic E-state index is 14.8. The van der Waals surface area contributed by atoms with E-state index in [1.165, 1.54) is 12.1 Å². The number of fused-ring (bicyclic) bond motifs is 8. The Bertz CT molecular complexity index is 2020. The van der Waals surface area contributed by atoms with Crippen LogP contribution in [0.15, 0.2) is 12.1 Å². The van der Waals surface area contributed by atoms with Gasteiger partial charge in [-0.25, -0.2) is 0 Å². The maximum Gasteiger partial charge on any atom is 0.174 e. The fourth-order valence-electron chi connectivity index (χ4n) is 14.9. The summed E-state index contributed by atoms with van der Waals surface area (Å²) in [5.74, 6) is -0.919. The molecule has 0 radical (unpaired) electrons. The van der Waals surface area contributed by atoms with Gasteiger partial charge >= 0.3 is 0 Å². The number of aliphatic hydroxyl groups is 5. The van der Waals surface area contributed by atoms with Crippen molar-refractivity contribution in [3.63, 3.8) is 0 Å². The van der Waals surface area contributed by atoms with Crippen LogP contribution in [0.1, 0.15) is 151 Å². The number of phenolic OH excluding ortho intramolecular Hbond substituents is 2. The lowest BCUT2D eigenvalue weighted by Crippen LogP contribution is -2.69. The van der Waals surface area contributed by atoms with Crippen LogP contribution in [0.3, 0.4) is 0 Å². The summed E-state index contributed by atoms with van der Waals surface area (Å²) in [5.41, 5.74) is -1.45. The molecule has 4 fully saturated rings. The van der Waals surface area contributed by atoms with Gasteiger partial charge in [0.25, 0.3) is 0 Å². The van der Waals surface area contributed by atoms with Crippen LogP contribution in [0.2, 0.25) is 0 Å². The standard InChI is InChI=1S/C46H62O10/c1-21-9-11-30-41(3,4)32(51)13-14-43(30,7)45(21)17-26-28(49)16-24-34(39(26)56-45)37(53)35(36(24)52)33-23(20-47)15-27(48)25-18-46(55-38(25)33)22(2)10-12-31-42(5,6)40(54)29(50)19-44(31,46)8/h15-16,21-22,29-32,35,37,40,47-51,53-54H,9-14,17-20H2,1-8H3. The first kappa shape index (κ1) is 38.6. The molecule has 2 heterocycles. The summed E-state index contributed by atoms with van der Waals surface area (Å²) in [6, 6.07) is 2.95. The van der Waals surface area contributed by atoms with Gasteiger partial charge in [0.2, 0.25) is 0 Å². The molecule has 5 aliphatic carbocycles. The van der Waals surface area contributed by atoms with Crippen LogP contribution >= 0.6 is 0 Å². The highest BCUT2D eigenvalue weighted by Gasteiger charge is 2.70. The van der Waals surface area contributed by atoms with Crippen molar-refractivity contribution in [3.05, 3.63) is 45.5 Å². The summed E-state index contributed by atoms with van der Waals surface area (Å²) in [6.45, 7) is 16.5. The smallest absolute Gasteiger partial charge is 0.174 e. The number of phenols is 2. The molecule has 10 nitrogen and oxygen atoms in total. The molecule has 2 aromatic carbocycles. The number of aliphatic hydroxyl groups excluding tert-OH is 5. The molecule has 13 unspecified atom stereocenters. The Hall–Kier alpha value is -2.89. The maximum atomic E-state index is 14.8. The number of hydrogen-bond acceptors (Lipinski definition) is 10. The van der Waals surface area contributed by atoms with Gasteiger partial charge in [-0.15, -0.1) is 0 Å². The summed E-state index contributed by atoms with van der Waals surface area (Å²) in [4.78, 5) is 14.8. The van der Waals surface area contributed by atoms with Gasteiger partial charge in [-0.3, -0.25) is 4.79 Å². The molecule has 0 bridgehead atoms. The first-order valence-corrected chi connectivity index (χ1v) is 21.1. The topological polar surface area (TPSA) is 177 Å². The third kappa shape index (κ3) is 4.44. The lowest BCUT2D eigenvalue weighted by molar-refractivity contribution is -0.240. The van der Waals surface area contributed by atoms with Crippen molar-refractivity contribution in [3.8, 4) is 23.0 Å². The number of Topliss-reactive ketones (excluding diaryl/α,β-unsaturated/α-hetero) is 1. The second-order valence-electron chi connectivity index (χ2n) is 21.0. The minimum atomic E-state index is -1.40. The Kier molecular flexibility index (Phi) is 8.18. The zero-order valence-corrected chi connectivity index (χ0v) is 34.3. The predicted octanol–water partition coefficient (Wildman–Crippen LogP) is 6.39. The van der Waals surface area contributed by atoms with Crippen molar-refractivity contribution in [2.24, 2.45) is 45.3 Å². The van der Waals surface area contributed by atoms with E-state index in [1.54, 1.807) is 0 Å². The van der Waals surface area contributed by atoms with Crippen molar-refractivity contribution >= 4 is 5.78 Å². The highest BCUT2D eigenvalue weighted by atomic mass is 16.5. The van der Waals surface area contributed by atoms with Crippen LogP contribution in [-0.4, -0.2) is 71.0 Å². The van der Waals surface area contributed by atoms with Crippen LogP contribution in [0, 0.1) is 45.3 Å². The molecule has 9 rings (SSSR count). The molecule has 10 heteroatoms. The molecule has 7 aliphatic rings. The van der Waals surface area contributed by atoms with Crippen molar-refractivity contribution < 1.29 is 50.0 Å². The first-order chi connectivity index (χ1) is 26.1. The molecular weight excluding hydrogens is 712 g/mol. The monoisotopic (exact) mass is 774 g/mol. The molecule has 2 aliphatic heterocycles. The molecule has 13 atom stereocenters. The van der Waals surface area contributed by atoms with E-state index < -0.39 is 64.8 Å². The summed E-state index contributed by atoms with van der Waals surface area (Å²) >= 11 is 0. The number of carbonyl (C=O) groups excluding carboxylic acids is 1. The van der Waals surface area contributed by atoms with Crippen molar-refractivity contribution in [1.29, 1.82) is 0 Å². The number of ether oxygens (including phenoxy) is 2. The van der Waals surface area contributed by atoms with Crippen LogP contribution < -0.4 is 9.47 Å². The highest BCUT2D eigenvalue weighted by Crippen LogP contribution is 2.70. The molecule has 0 aromatic heterocycles. The van der Waals surface area contributed by atoms with E-state index in [0.717, 1.165) is 32.1 Å². The molecule has 56 heavy (non-hydrogen) atoms. The van der Waals surface area contributed by atoms with Crippen LogP contribution in [0.4, 0.5) is 0 Å². The lowest BCUT2D eigenvalue weighted by atomic mass is 9.43. The van der Waals surface area contributed by atoms with Gasteiger partial charge in [0.15, 0.2) is 5.78 Å². The third-order valence-corrected chi connectivity index (χ3v) is 18.2. The summed E-state index contributed by atoms with van der Waals surface area (Å²) in [7, 11) is 0. The van der Waals surface area contributed by atoms with Gasteiger partial charge < -0.3 is 45.2 Å². The second kappa shape index (κ2) is 11.9. The fourth-order valence-corrected chi connectivity index (χ4v) is 14.9. The minimum Gasteiger partial charge on any atom is -0.508 e. The molecule has 4 saturated carbocycles. The average molecular weight is 775 g/mol. The van der Waals surface area contributed by atoms with E-state index in [9.17, 15) is 40.5 Å². The Morgan fingerprint density at radius 3 is 1.84 bits per heavy atom. The Morgan fingerprint density at radius 1 is 0.714 bits per heavy atom. The largest absolute Gasteiger partial charge is 0.508 e. The zero-order valence-electron chi connectivity index (χ0n) is 34.3. The number of hydrogen-bond donors (Lipinski definition) is 7. The number of rotatable bonds is 2. The van der Waals surface area contributed by atoms with E-state index in [4.69, 9.17) is 9.47 Å². The molecule has 2 spiro atoms. The molecule has 7 N–H and O–H groups in total. The summed E-state index contributed by atoms with van der Waals surface area (Å²) in [6.07, 6.45) is 2.11. The first-order valence-electron chi connectivity index (χ1n) is 21.1. The quantitative estimate of drug-likeness (QED) is 0.181. The molecule has 0 amide bonds. The lowest BCUT2D eigenvalue weighted by Gasteiger charge is -2.64. The van der Waals surface area contributed by atoms with Crippen LogP contribution in [0.5, 0.6) is 23.0 Å². The van der Waals surface area contributed by atoms with Gasteiger partial charge in [0, 0.05) is 51.5 Å². The van der Waals surface area contributed by atoms with Crippen LogP contribution in [0.25, 0.3) is 0 Å². The third-order valence-electron chi connectivity index (χ3n) is 18.2. The summed E-state index contributed by atoms with van der Waals surface area (Å²) < 4.78 is 14.5. The van der Waals surface area contributed by atoms with E-state index in [0.29, 0.717) is 53.7 Å². The second-order valence-corrected chi connectivity index (χ2v) is 21.0. The van der Waals surface area contributed by atoms with Gasteiger partial charge in [0.1, 0.15) is 34.2 Å². The Morgan fingerprint density at radius 2 is 1.25 bits per heavy atom. The normalized spacial score (nSPS) is 44.1. The molecular formula is C46H62O10. The molecule has 0 saturated heterocycles. The van der Waals surface area contributed by atoms with Crippen LogP contribution in [-0.2, 0) is 19.4 Å². The number of ketones is 1. The van der Waals surface area contributed by atoms with Crippen molar-refractivity contribution in [1.82, 2.24) is 0 Å². The Labute approximate surface area is 330 Å². The highest BCUT2D eigenvalue weighted by molar-refractivity contribution is 6.08. The van der Waals surface area contributed by atoms with Crippen molar-refractivity contribution in [2.45, 2.75) is 161 Å². The zero-order chi connectivity index (χ0) is 40.4. The van der Waals surface area contributed by atoms with E-state index in [-0.39, 0.29) is 62.9 Å². The van der Waals surface area contributed by atoms with Gasteiger partial charge in [0.05, 0.1) is 36.9 Å². The van der Waals surface area contributed by atoms with E-state index >= 15 is 0 Å². The number of carbonyl (C=O) groups is 1. The predicted molar refractivity (Wildman–Crippen MR) is 208 cm³/mol. The van der Waals surface area contributed by atoms with E-state index in [1.807, 2.05) is 13.8 Å². The molecule has 2 aromatic rings. The summed E-state index contributed by atoms with van der Waals surface area (Å²) in [5, 5.41) is 80.4. The van der Waals surface area contributed by atoms with Gasteiger partial charge in [-0.2, -0.15) is 0 Å². The number of benzene rings is 2. The average Bonchev–Trinajstić information content (AvgIpc) is 3.81. The fraction of sp³-hybridized carbons (Fsp3) is 0.717. The van der Waals surface area contributed by atoms with E-state index in [2.05, 4.69) is 41.5 Å². The SMILES string of the molecule is CC1CCC2C(C)(C)C(O)CCC2(C)C12Cc1c(O)cc3c(c1O2)C(O)C(c1c(CO)cc(O)c2c1OC1(C2)C(C)CCC2C(C)(C)C(O)C(O)CC21C)C3=O.